The number of thiophene rings is 1. The van der Waals surface area contributed by atoms with Crippen LogP contribution in [0.2, 0.25) is 0 Å². The number of nitrogens with two attached hydrogens (primary N) is 1. The average Bonchev–Trinajstić information content (AvgIpc) is 2.55. The van der Waals surface area contributed by atoms with Crippen molar-refractivity contribution in [1.82, 2.24) is 0 Å². The minimum absolute atomic E-state index is 0.130. The Morgan fingerprint density at radius 1 is 1.62 bits per heavy atom. The molecule has 0 bridgehead atoms. The van der Waals surface area contributed by atoms with E-state index in [4.69, 9.17) is 10.5 Å². The minimum Gasteiger partial charge on any atom is -0.368 e. The second kappa shape index (κ2) is 4.22. The van der Waals surface area contributed by atoms with Gasteiger partial charge in [0, 0.05) is 11.4 Å². The van der Waals surface area contributed by atoms with E-state index in [0.29, 0.717) is 12.6 Å². The molecule has 0 saturated heterocycles. The van der Waals surface area contributed by atoms with Gasteiger partial charge in [-0.15, -0.1) is 11.3 Å². The van der Waals surface area contributed by atoms with E-state index in [1.807, 2.05) is 6.07 Å². The van der Waals surface area contributed by atoms with Crippen LogP contribution in [0.4, 0.5) is 0 Å². The van der Waals surface area contributed by atoms with Gasteiger partial charge in [-0.1, -0.05) is 6.07 Å². The predicted molar refractivity (Wildman–Crippen MR) is 54.8 cm³/mol. The lowest BCUT2D eigenvalue weighted by Gasteiger charge is -2.29. The molecule has 0 aliphatic heterocycles. The van der Waals surface area contributed by atoms with Crippen LogP contribution in [0.5, 0.6) is 0 Å². The molecule has 0 spiro atoms. The van der Waals surface area contributed by atoms with E-state index < -0.39 is 0 Å². The fourth-order valence-corrected chi connectivity index (χ4v) is 2.23. The van der Waals surface area contributed by atoms with Gasteiger partial charge in [0.05, 0.1) is 6.10 Å². The normalized spacial score (nSPS) is 19.8. The standard InChI is InChI=1S/C10H15NOS/c11-7-9(10-5-2-6-13-10)12-8-3-1-4-8/h2,5-6,8-9H,1,3-4,7,11H2. The van der Waals surface area contributed by atoms with E-state index in [1.165, 1.54) is 24.1 Å². The summed E-state index contributed by atoms with van der Waals surface area (Å²) in [6.07, 6.45) is 4.33. The summed E-state index contributed by atoms with van der Waals surface area (Å²) in [6, 6.07) is 4.15. The van der Waals surface area contributed by atoms with Gasteiger partial charge in [-0.25, -0.2) is 0 Å². The first-order valence-electron chi connectivity index (χ1n) is 4.79. The molecule has 1 saturated carbocycles. The molecule has 2 rings (SSSR count). The number of rotatable bonds is 4. The van der Waals surface area contributed by atoms with E-state index in [-0.39, 0.29) is 6.10 Å². The Hall–Kier alpha value is -0.380. The Kier molecular flexibility index (Phi) is 2.98. The van der Waals surface area contributed by atoms with E-state index in [9.17, 15) is 0 Å². The van der Waals surface area contributed by atoms with Gasteiger partial charge in [0.15, 0.2) is 0 Å². The maximum atomic E-state index is 5.87. The molecule has 1 fully saturated rings. The highest BCUT2D eigenvalue weighted by molar-refractivity contribution is 7.10. The summed E-state index contributed by atoms with van der Waals surface area (Å²) >= 11 is 1.73. The zero-order chi connectivity index (χ0) is 9.10. The molecule has 1 aliphatic carbocycles. The van der Waals surface area contributed by atoms with Crippen molar-refractivity contribution in [1.29, 1.82) is 0 Å². The highest BCUT2D eigenvalue weighted by Gasteiger charge is 2.23. The smallest absolute Gasteiger partial charge is 0.104 e. The molecule has 1 atom stereocenters. The lowest BCUT2D eigenvalue weighted by Crippen LogP contribution is -2.27. The highest BCUT2D eigenvalue weighted by atomic mass is 32.1. The van der Waals surface area contributed by atoms with Gasteiger partial charge in [0.2, 0.25) is 0 Å². The van der Waals surface area contributed by atoms with Gasteiger partial charge in [-0.3, -0.25) is 0 Å². The predicted octanol–water partition coefficient (Wildman–Crippen LogP) is 2.32. The third-order valence-electron chi connectivity index (χ3n) is 2.48. The first kappa shape index (κ1) is 9.19. The fourth-order valence-electron chi connectivity index (χ4n) is 1.45. The van der Waals surface area contributed by atoms with Crippen LogP contribution < -0.4 is 5.73 Å². The third-order valence-corrected chi connectivity index (χ3v) is 3.45. The van der Waals surface area contributed by atoms with E-state index >= 15 is 0 Å². The zero-order valence-corrected chi connectivity index (χ0v) is 8.43. The topological polar surface area (TPSA) is 35.2 Å². The van der Waals surface area contributed by atoms with Crippen molar-refractivity contribution >= 4 is 11.3 Å². The Labute approximate surface area is 82.7 Å². The lowest BCUT2D eigenvalue weighted by atomic mass is 9.96. The van der Waals surface area contributed by atoms with Crippen molar-refractivity contribution in [3.8, 4) is 0 Å². The van der Waals surface area contributed by atoms with Crippen molar-refractivity contribution in [2.75, 3.05) is 6.54 Å². The van der Waals surface area contributed by atoms with Gasteiger partial charge < -0.3 is 10.5 Å². The second-order valence-electron chi connectivity index (χ2n) is 3.43. The lowest BCUT2D eigenvalue weighted by molar-refractivity contribution is -0.0472. The molecular formula is C10H15NOS. The van der Waals surface area contributed by atoms with E-state index in [1.54, 1.807) is 11.3 Å². The summed E-state index contributed by atoms with van der Waals surface area (Å²) in [6.45, 7) is 0.594. The Morgan fingerprint density at radius 3 is 2.92 bits per heavy atom. The maximum Gasteiger partial charge on any atom is 0.104 e. The molecule has 1 aromatic rings. The minimum atomic E-state index is 0.130. The summed E-state index contributed by atoms with van der Waals surface area (Å²) in [5.41, 5.74) is 5.67. The Morgan fingerprint density at radius 2 is 2.46 bits per heavy atom. The van der Waals surface area contributed by atoms with Gasteiger partial charge >= 0.3 is 0 Å². The monoisotopic (exact) mass is 197 g/mol. The molecule has 1 heterocycles. The van der Waals surface area contributed by atoms with Crippen molar-refractivity contribution in [3.63, 3.8) is 0 Å². The molecular weight excluding hydrogens is 182 g/mol. The average molecular weight is 197 g/mol. The maximum absolute atomic E-state index is 5.87. The summed E-state index contributed by atoms with van der Waals surface area (Å²) in [4.78, 5) is 1.26. The van der Waals surface area contributed by atoms with Crippen LogP contribution >= 0.6 is 11.3 Å². The molecule has 3 heteroatoms. The van der Waals surface area contributed by atoms with Crippen molar-refractivity contribution in [2.24, 2.45) is 5.73 Å². The first-order chi connectivity index (χ1) is 6.40. The van der Waals surface area contributed by atoms with E-state index in [2.05, 4.69) is 11.4 Å². The van der Waals surface area contributed by atoms with Crippen molar-refractivity contribution in [3.05, 3.63) is 22.4 Å². The molecule has 13 heavy (non-hydrogen) atoms. The van der Waals surface area contributed by atoms with E-state index in [0.717, 1.165) is 0 Å². The molecule has 1 aromatic heterocycles. The van der Waals surface area contributed by atoms with Gasteiger partial charge in [0.1, 0.15) is 6.10 Å². The van der Waals surface area contributed by atoms with Crippen molar-refractivity contribution < 1.29 is 4.74 Å². The fraction of sp³-hybridized carbons (Fsp3) is 0.600. The van der Waals surface area contributed by atoms with Crippen LogP contribution in [0, 0.1) is 0 Å². The van der Waals surface area contributed by atoms with Gasteiger partial charge in [-0.05, 0) is 30.7 Å². The summed E-state index contributed by atoms with van der Waals surface area (Å²) < 4.78 is 5.87. The molecule has 2 N–H and O–H groups in total. The van der Waals surface area contributed by atoms with Gasteiger partial charge in [0.25, 0.3) is 0 Å². The second-order valence-corrected chi connectivity index (χ2v) is 4.41. The number of hydrogen-bond acceptors (Lipinski definition) is 3. The summed E-state index contributed by atoms with van der Waals surface area (Å²) in [7, 11) is 0. The number of ether oxygens (including phenoxy) is 1. The van der Waals surface area contributed by atoms with Crippen LogP contribution in [-0.2, 0) is 4.74 Å². The molecule has 72 valence electrons. The molecule has 1 unspecified atom stereocenters. The SMILES string of the molecule is NCC(OC1CCC1)c1cccs1. The van der Waals surface area contributed by atoms with Crippen LogP contribution in [0.15, 0.2) is 17.5 Å². The van der Waals surface area contributed by atoms with Crippen LogP contribution in [-0.4, -0.2) is 12.6 Å². The third kappa shape index (κ3) is 2.10. The summed E-state index contributed by atoms with van der Waals surface area (Å²) in [5, 5.41) is 2.07. The molecule has 1 aliphatic rings. The van der Waals surface area contributed by atoms with Gasteiger partial charge in [-0.2, -0.15) is 0 Å². The first-order valence-corrected chi connectivity index (χ1v) is 5.67. The van der Waals surface area contributed by atoms with Crippen molar-refractivity contribution in [2.45, 2.75) is 31.5 Å². The molecule has 2 nitrogen and oxygen atoms in total. The van der Waals surface area contributed by atoms with Crippen LogP contribution in [0.25, 0.3) is 0 Å². The molecule has 0 aromatic carbocycles. The van der Waals surface area contributed by atoms with Crippen LogP contribution in [0.1, 0.15) is 30.2 Å². The van der Waals surface area contributed by atoms with Crippen LogP contribution in [0.3, 0.4) is 0 Å². The quantitative estimate of drug-likeness (QED) is 0.804. The Bertz CT molecular complexity index is 243. The molecule has 0 amide bonds. The highest BCUT2D eigenvalue weighted by Crippen LogP contribution is 2.30. The summed E-state index contributed by atoms with van der Waals surface area (Å²) in [5.74, 6) is 0. The zero-order valence-electron chi connectivity index (χ0n) is 7.61. The molecule has 0 radical (unpaired) electrons. The largest absolute Gasteiger partial charge is 0.368 e. The Balaban J connectivity index is 1.92. The number of hydrogen-bond donors (Lipinski definition) is 1.